The van der Waals surface area contributed by atoms with E-state index in [-0.39, 0.29) is 17.9 Å². The van der Waals surface area contributed by atoms with E-state index >= 15 is 0 Å². The van der Waals surface area contributed by atoms with Crippen LogP contribution in [0.1, 0.15) is 5.56 Å². The zero-order valence-corrected chi connectivity index (χ0v) is 18.8. The first-order valence-electron chi connectivity index (χ1n) is 10.6. The van der Waals surface area contributed by atoms with Crippen LogP contribution >= 0.6 is 0 Å². The van der Waals surface area contributed by atoms with Gasteiger partial charge in [0.15, 0.2) is 17.2 Å². The van der Waals surface area contributed by atoms with E-state index in [0.717, 1.165) is 0 Å². The van der Waals surface area contributed by atoms with Crippen molar-refractivity contribution in [3.05, 3.63) is 66.5 Å². The molecule has 0 aliphatic carbocycles. The molecule has 1 atom stereocenters. The third-order valence-electron chi connectivity index (χ3n) is 5.32. The molecular weight excluding hydrogens is 472 g/mol. The Labute approximate surface area is 202 Å². The Morgan fingerprint density at radius 1 is 1.14 bits per heavy atom. The van der Waals surface area contributed by atoms with Crippen molar-refractivity contribution >= 4 is 5.65 Å². The summed E-state index contributed by atoms with van der Waals surface area (Å²) in [6, 6.07) is 11.3. The Morgan fingerprint density at radius 2 is 2.03 bits per heavy atom. The van der Waals surface area contributed by atoms with Crippen LogP contribution in [-0.4, -0.2) is 59.7 Å². The van der Waals surface area contributed by atoms with Gasteiger partial charge < -0.3 is 9.47 Å². The highest BCUT2D eigenvalue weighted by Crippen LogP contribution is 2.30. The Kier molecular flexibility index (Phi) is 6.14. The molecule has 5 aromatic rings. The van der Waals surface area contributed by atoms with Gasteiger partial charge in [-0.1, -0.05) is 0 Å². The maximum atomic E-state index is 14.5. The summed E-state index contributed by atoms with van der Waals surface area (Å²) in [6.07, 6.45) is 3.39. The SMILES string of the molecule is COc1ccnc(-c2cnc3ccc(-c4ccc(F)c(O[C@@H](CF)Cn5cnnn5)c4)nn23)c1C#N. The first kappa shape index (κ1) is 22.8. The standard InChI is InChI=1S/C23H17F2N9O2/c1-35-20-6-7-27-23(16(20)10-26)19-11-28-22-5-4-18(30-34(19)22)14-2-3-17(25)21(8-14)36-15(9-24)12-33-13-29-31-32-33/h2-8,11,13,15H,9,12H2,1H3/t15-/m0/s1. The minimum absolute atomic E-state index is 0.00450. The molecule has 0 spiro atoms. The molecule has 0 saturated carbocycles. The fourth-order valence-electron chi connectivity index (χ4n) is 3.63. The van der Waals surface area contributed by atoms with Crippen LogP contribution in [0.5, 0.6) is 11.5 Å². The fraction of sp³-hybridized carbons (Fsp3) is 0.174. The number of fused-ring (bicyclic) bond motifs is 1. The summed E-state index contributed by atoms with van der Waals surface area (Å²) in [5.41, 5.74) is 2.56. The molecule has 0 unspecified atom stereocenters. The van der Waals surface area contributed by atoms with Gasteiger partial charge in [0.05, 0.1) is 25.5 Å². The lowest BCUT2D eigenvalue weighted by Gasteiger charge is -2.16. The topological polar surface area (TPSA) is 129 Å². The summed E-state index contributed by atoms with van der Waals surface area (Å²) in [5.74, 6) is -0.423. The second-order valence-corrected chi connectivity index (χ2v) is 7.55. The molecule has 0 aliphatic heterocycles. The Hall–Kier alpha value is -4.99. The molecule has 5 rings (SSSR count). The van der Waals surface area contributed by atoms with Gasteiger partial charge in [0.1, 0.15) is 47.9 Å². The van der Waals surface area contributed by atoms with Crippen molar-refractivity contribution in [2.24, 2.45) is 0 Å². The van der Waals surface area contributed by atoms with E-state index in [1.165, 1.54) is 47.0 Å². The molecule has 36 heavy (non-hydrogen) atoms. The fourth-order valence-corrected chi connectivity index (χ4v) is 3.63. The van der Waals surface area contributed by atoms with E-state index in [1.54, 1.807) is 24.4 Å². The monoisotopic (exact) mass is 489 g/mol. The van der Waals surface area contributed by atoms with Gasteiger partial charge in [-0.3, -0.25) is 4.98 Å². The number of rotatable bonds is 8. The molecule has 0 N–H and O–H groups in total. The molecule has 1 aromatic carbocycles. The average Bonchev–Trinajstić information content (AvgIpc) is 3.58. The zero-order valence-electron chi connectivity index (χ0n) is 18.8. The first-order valence-corrected chi connectivity index (χ1v) is 10.6. The van der Waals surface area contributed by atoms with Crippen LogP contribution in [0.2, 0.25) is 0 Å². The van der Waals surface area contributed by atoms with E-state index in [0.29, 0.717) is 34.0 Å². The number of benzene rings is 1. The second-order valence-electron chi connectivity index (χ2n) is 7.55. The van der Waals surface area contributed by atoms with Crippen molar-refractivity contribution in [3.8, 4) is 40.2 Å². The highest BCUT2D eigenvalue weighted by molar-refractivity contribution is 5.70. The molecule has 0 aliphatic rings. The molecule has 4 heterocycles. The number of pyridine rings is 1. The molecular formula is C23H17F2N9O2. The molecule has 0 bridgehead atoms. The lowest BCUT2D eigenvalue weighted by Crippen LogP contribution is -2.26. The summed E-state index contributed by atoms with van der Waals surface area (Å²) in [7, 11) is 1.47. The summed E-state index contributed by atoms with van der Waals surface area (Å²) in [6.45, 7) is -0.870. The summed E-state index contributed by atoms with van der Waals surface area (Å²) < 4.78 is 41.8. The van der Waals surface area contributed by atoms with Crippen molar-refractivity contribution in [1.82, 2.24) is 39.8 Å². The molecule has 0 radical (unpaired) electrons. The molecule has 0 fully saturated rings. The minimum atomic E-state index is -1.00. The van der Waals surface area contributed by atoms with Gasteiger partial charge in [0.25, 0.3) is 0 Å². The number of ether oxygens (including phenoxy) is 2. The van der Waals surface area contributed by atoms with Crippen LogP contribution in [0.25, 0.3) is 28.3 Å². The second kappa shape index (κ2) is 9.71. The Balaban J connectivity index is 1.51. The number of nitrogens with zero attached hydrogens (tertiary/aromatic N) is 9. The maximum absolute atomic E-state index is 14.5. The van der Waals surface area contributed by atoms with Gasteiger partial charge in [-0.25, -0.2) is 23.0 Å². The number of nitriles is 1. The van der Waals surface area contributed by atoms with Crippen LogP contribution in [0, 0.1) is 17.1 Å². The maximum Gasteiger partial charge on any atom is 0.165 e. The van der Waals surface area contributed by atoms with E-state index in [4.69, 9.17) is 9.47 Å². The normalized spacial score (nSPS) is 11.8. The molecule has 13 heteroatoms. The predicted molar refractivity (Wildman–Crippen MR) is 121 cm³/mol. The van der Waals surface area contributed by atoms with Gasteiger partial charge in [0, 0.05) is 11.8 Å². The number of hydrogen-bond donors (Lipinski definition) is 0. The minimum Gasteiger partial charge on any atom is -0.495 e. The van der Waals surface area contributed by atoms with Crippen LogP contribution in [-0.2, 0) is 6.54 Å². The first-order chi connectivity index (χ1) is 17.6. The quantitative estimate of drug-likeness (QED) is 0.323. The third kappa shape index (κ3) is 4.27. The molecule has 0 saturated heterocycles. The van der Waals surface area contributed by atoms with Crippen LogP contribution in [0.4, 0.5) is 8.78 Å². The van der Waals surface area contributed by atoms with E-state index in [2.05, 4.69) is 36.7 Å². The predicted octanol–water partition coefficient (Wildman–Crippen LogP) is 2.88. The van der Waals surface area contributed by atoms with E-state index < -0.39 is 18.6 Å². The Bertz CT molecular complexity index is 1560. The van der Waals surface area contributed by atoms with Gasteiger partial charge in [0.2, 0.25) is 0 Å². The van der Waals surface area contributed by atoms with Gasteiger partial charge in [-0.05, 0) is 46.8 Å². The van der Waals surface area contributed by atoms with Gasteiger partial charge in [-0.2, -0.15) is 10.4 Å². The average molecular weight is 489 g/mol. The van der Waals surface area contributed by atoms with Crippen molar-refractivity contribution in [3.63, 3.8) is 0 Å². The van der Waals surface area contributed by atoms with E-state index in [1.807, 2.05) is 0 Å². The van der Waals surface area contributed by atoms with Gasteiger partial charge >= 0.3 is 0 Å². The molecule has 180 valence electrons. The lowest BCUT2D eigenvalue weighted by atomic mass is 10.1. The number of tetrazole rings is 1. The number of alkyl halides is 1. The Morgan fingerprint density at radius 3 is 2.78 bits per heavy atom. The van der Waals surface area contributed by atoms with Crippen LogP contribution < -0.4 is 9.47 Å². The van der Waals surface area contributed by atoms with Crippen molar-refractivity contribution in [2.45, 2.75) is 12.6 Å². The van der Waals surface area contributed by atoms with Crippen molar-refractivity contribution in [1.29, 1.82) is 5.26 Å². The van der Waals surface area contributed by atoms with E-state index in [9.17, 15) is 14.0 Å². The highest BCUT2D eigenvalue weighted by Gasteiger charge is 2.19. The molecule has 11 nitrogen and oxygen atoms in total. The third-order valence-corrected chi connectivity index (χ3v) is 5.32. The number of methoxy groups -OCH3 is 1. The molecule has 0 amide bonds. The molecule has 4 aromatic heterocycles. The van der Waals surface area contributed by atoms with Crippen molar-refractivity contribution in [2.75, 3.05) is 13.8 Å². The smallest absolute Gasteiger partial charge is 0.165 e. The largest absolute Gasteiger partial charge is 0.495 e. The van der Waals surface area contributed by atoms with Crippen molar-refractivity contribution < 1.29 is 18.3 Å². The lowest BCUT2D eigenvalue weighted by molar-refractivity contribution is 0.135. The summed E-state index contributed by atoms with van der Waals surface area (Å²) in [5, 5.41) is 24.9. The highest BCUT2D eigenvalue weighted by atomic mass is 19.1. The number of aromatic nitrogens is 8. The number of halogens is 2. The summed E-state index contributed by atoms with van der Waals surface area (Å²) >= 11 is 0. The number of imidazole rings is 1. The summed E-state index contributed by atoms with van der Waals surface area (Å²) in [4.78, 5) is 8.67. The van der Waals surface area contributed by atoms with Gasteiger partial charge in [-0.15, -0.1) is 5.10 Å². The van der Waals surface area contributed by atoms with Crippen LogP contribution in [0.3, 0.4) is 0 Å². The number of hydrogen-bond acceptors (Lipinski definition) is 9. The zero-order chi connectivity index (χ0) is 25.1. The van der Waals surface area contributed by atoms with Crippen LogP contribution in [0.15, 0.2) is 55.1 Å².